The van der Waals surface area contributed by atoms with E-state index in [0.717, 1.165) is 17.7 Å². The third-order valence-corrected chi connectivity index (χ3v) is 4.79. The van der Waals surface area contributed by atoms with Gasteiger partial charge in [-0.15, -0.1) is 0 Å². The molecule has 23 heavy (non-hydrogen) atoms. The Morgan fingerprint density at radius 1 is 1.22 bits per heavy atom. The number of ether oxygens (including phenoxy) is 2. The van der Waals surface area contributed by atoms with E-state index in [2.05, 4.69) is 0 Å². The predicted molar refractivity (Wildman–Crippen MR) is 82.8 cm³/mol. The second kappa shape index (κ2) is 5.44. The maximum absolute atomic E-state index is 12.5. The van der Waals surface area contributed by atoms with E-state index < -0.39 is 11.5 Å². The number of hydrogen-bond acceptors (Lipinski definition) is 4. The zero-order valence-electron chi connectivity index (χ0n) is 13.5. The number of carbonyl (C=O) groups is 2. The minimum Gasteiger partial charge on any atom is -0.486 e. The Kier molecular flexibility index (Phi) is 3.70. The van der Waals surface area contributed by atoms with E-state index in [-0.39, 0.29) is 17.7 Å². The van der Waals surface area contributed by atoms with E-state index in [1.54, 1.807) is 7.05 Å². The molecule has 1 fully saturated rings. The molecule has 0 saturated heterocycles. The Bertz CT molecular complexity index is 654. The highest BCUT2D eigenvalue weighted by Crippen LogP contribution is 2.50. The topological polar surface area (TPSA) is 76.1 Å². The molecular weight excluding hydrogens is 298 g/mol. The first kappa shape index (κ1) is 15.6. The van der Waals surface area contributed by atoms with E-state index in [0.29, 0.717) is 19.0 Å². The molecule has 124 valence electrons. The lowest BCUT2D eigenvalue weighted by molar-refractivity contribution is -0.155. The quantitative estimate of drug-likeness (QED) is 0.917. The zero-order chi connectivity index (χ0) is 16.8. The molecule has 0 radical (unpaired) electrons. The molecule has 2 aliphatic rings. The minimum atomic E-state index is -1.21. The van der Waals surface area contributed by atoms with E-state index in [4.69, 9.17) is 9.47 Å². The summed E-state index contributed by atoms with van der Waals surface area (Å²) in [7, 11) is 1.55. The second-order valence-electron chi connectivity index (χ2n) is 6.61. The van der Waals surface area contributed by atoms with Gasteiger partial charge >= 0.3 is 5.97 Å². The van der Waals surface area contributed by atoms with Crippen molar-refractivity contribution in [2.75, 3.05) is 20.3 Å². The van der Waals surface area contributed by atoms with E-state index in [1.807, 2.05) is 18.2 Å². The van der Waals surface area contributed by atoms with Crippen molar-refractivity contribution in [3.63, 3.8) is 0 Å². The number of likely N-dealkylation sites (N-methyl/N-ethyl adjacent to an activating group) is 1. The third kappa shape index (κ3) is 2.73. The first-order chi connectivity index (χ1) is 10.8. The lowest BCUT2D eigenvalue weighted by Crippen LogP contribution is -2.51. The molecule has 1 aliphatic heterocycles. The number of benzene rings is 1. The summed E-state index contributed by atoms with van der Waals surface area (Å²) < 4.78 is 11.1. The predicted octanol–water partition coefficient (Wildman–Crippen LogP) is 1.88. The van der Waals surface area contributed by atoms with Crippen LogP contribution >= 0.6 is 0 Å². The first-order valence-corrected chi connectivity index (χ1v) is 7.73. The van der Waals surface area contributed by atoms with Gasteiger partial charge in [0.15, 0.2) is 11.5 Å². The van der Waals surface area contributed by atoms with Crippen LogP contribution in [0.4, 0.5) is 0 Å². The molecule has 0 aromatic heterocycles. The molecule has 1 amide bonds. The summed E-state index contributed by atoms with van der Waals surface area (Å²) in [5.74, 6) is 0.257. The molecule has 1 aliphatic carbocycles. The van der Waals surface area contributed by atoms with Crippen molar-refractivity contribution < 1.29 is 24.2 Å². The lowest BCUT2D eigenvalue weighted by Gasteiger charge is -2.31. The van der Waals surface area contributed by atoms with Crippen LogP contribution in [0.5, 0.6) is 11.5 Å². The van der Waals surface area contributed by atoms with E-state index in [9.17, 15) is 14.7 Å². The molecule has 1 saturated carbocycles. The SMILES string of the molecule is CN(C(=O)C1CC1c1ccc2c(c1)OCCO2)C(C)(C)C(=O)O. The average Bonchev–Trinajstić information content (AvgIpc) is 3.33. The molecule has 0 bridgehead atoms. The number of carboxylic acid groups (broad SMARTS) is 1. The molecular formula is C17H21NO5. The number of rotatable bonds is 4. The summed E-state index contributed by atoms with van der Waals surface area (Å²) in [6.45, 7) is 4.15. The van der Waals surface area contributed by atoms with Gasteiger partial charge in [-0.05, 0) is 43.9 Å². The van der Waals surface area contributed by atoms with Crippen LogP contribution in [-0.2, 0) is 9.59 Å². The van der Waals surface area contributed by atoms with Crippen molar-refractivity contribution in [3.8, 4) is 11.5 Å². The number of carboxylic acids is 1. The smallest absolute Gasteiger partial charge is 0.329 e. The van der Waals surface area contributed by atoms with Gasteiger partial charge < -0.3 is 19.5 Å². The van der Waals surface area contributed by atoms with Gasteiger partial charge in [0.05, 0.1) is 0 Å². The third-order valence-electron chi connectivity index (χ3n) is 4.79. The summed E-state index contributed by atoms with van der Waals surface area (Å²) in [6.07, 6.45) is 0.735. The number of amides is 1. The molecule has 1 N–H and O–H groups in total. The maximum atomic E-state index is 12.5. The van der Waals surface area contributed by atoms with Crippen LogP contribution in [0.15, 0.2) is 18.2 Å². The van der Waals surface area contributed by atoms with Crippen molar-refractivity contribution in [3.05, 3.63) is 23.8 Å². The van der Waals surface area contributed by atoms with Crippen molar-refractivity contribution in [1.82, 2.24) is 4.90 Å². The molecule has 6 nitrogen and oxygen atoms in total. The average molecular weight is 319 g/mol. The number of fused-ring (bicyclic) bond motifs is 1. The van der Waals surface area contributed by atoms with Crippen LogP contribution in [-0.4, -0.2) is 47.7 Å². The molecule has 1 aromatic rings. The van der Waals surface area contributed by atoms with Crippen molar-refractivity contribution in [1.29, 1.82) is 0 Å². The Labute approximate surface area is 135 Å². The van der Waals surface area contributed by atoms with Crippen LogP contribution < -0.4 is 9.47 Å². The number of nitrogens with zero attached hydrogens (tertiary/aromatic N) is 1. The lowest BCUT2D eigenvalue weighted by atomic mass is 10.0. The van der Waals surface area contributed by atoms with E-state index >= 15 is 0 Å². The molecule has 2 unspecified atom stereocenters. The fourth-order valence-corrected chi connectivity index (χ4v) is 2.79. The van der Waals surface area contributed by atoms with Gasteiger partial charge in [0.2, 0.25) is 5.91 Å². The summed E-state index contributed by atoms with van der Waals surface area (Å²) in [5.41, 5.74) is -0.175. The molecule has 0 spiro atoms. The Morgan fingerprint density at radius 3 is 2.52 bits per heavy atom. The normalized spacial score (nSPS) is 22.4. The summed E-state index contributed by atoms with van der Waals surface area (Å²) in [5, 5.41) is 9.25. The number of aliphatic carboxylic acids is 1. The Balaban J connectivity index is 1.72. The van der Waals surface area contributed by atoms with Crippen molar-refractivity contribution in [2.24, 2.45) is 5.92 Å². The molecule has 1 aromatic carbocycles. The van der Waals surface area contributed by atoms with Gasteiger partial charge in [0.25, 0.3) is 0 Å². The van der Waals surface area contributed by atoms with Gasteiger partial charge in [-0.3, -0.25) is 4.79 Å². The van der Waals surface area contributed by atoms with Gasteiger partial charge in [-0.1, -0.05) is 6.07 Å². The highest BCUT2D eigenvalue weighted by Gasteiger charge is 2.48. The van der Waals surface area contributed by atoms with Crippen molar-refractivity contribution in [2.45, 2.75) is 31.7 Å². The highest BCUT2D eigenvalue weighted by atomic mass is 16.6. The minimum absolute atomic E-state index is 0.116. The Hall–Kier alpha value is -2.24. The number of hydrogen-bond donors (Lipinski definition) is 1. The van der Waals surface area contributed by atoms with Gasteiger partial charge in [-0.25, -0.2) is 4.79 Å². The van der Waals surface area contributed by atoms with Crippen LogP contribution in [0, 0.1) is 5.92 Å². The second-order valence-corrected chi connectivity index (χ2v) is 6.61. The van der Waals surface area contributed by atoms with Gasteiger partial charge in [0.1, 0.15) is 18.8 Å². The summed E-state index contributed by atoms with van der Waals surface area (Å²) >= 11 is 0. The summed E-state index contributed by atoms with van der Waals surface area (Å²) in [6, 6.07) is 5.75. The standard InChI is InChI=1S/C17H21NO5/c1-17(2,16(20)21)18(3)15(19)12-9-11(12)10-4-5-13-14(8-10)23-7-6-22-13/h4-5,8,11-12H,6-7,9H2,1-3H3,(H,20,21). The fraction of sp³-hybridized carbons (Fsp3) is 0.529. The highest BCUT2D eigenvalue weighted by molar-refractivity contribution is 5.89. The fourth-order valence-electron chi connectivity index (χ4n) is 2.79. The summed E-state index contributed by atoms with van der Waals surface area (Å²) in [4.78, 5) is 25.2. The zero-order valence-corrected chi connectivity index (χ0v) is 13.5. The molecule has 1 heterocycles. The van der Waals surface area contributed by atoms with Crippen LogP contribution in [0.2, 0.25) is 0 Å². The van der Waals surface area contributed by atoms with Crippen molar-refractivity contribution >= 4 is 11.9 Å². The monoisotopic (exact) mass is 319 g/mol. The molecule has 6 heteroatoms. The number of carbonyl (C=O) groups excluding carboxylic acids is 1. The Morgan fingerprint density at radius 2 is 1.87 bits per heavy atom. The van der Waals surface area contributed by atoms with Gasteiger partial charge in [0, 0.05) is 13.0 Å². The van der Waals surface area contributed by atoms with Crippen LogP contribution in [0.25, 0.3) is 0 Å². The van der Waals surface area contributed by atoms with E-state index in [1.165, 1.54) is 18.7 Å². The molecule has 2 atom stereocenters. The molecule has 3 rings (SSSR count). The largest absolute Gasteiger partial charge is 0.486 e. The van der Waals surface area contributed by atoms with Gasteiger partial charge in [-0.2, -0.15) is 0 Å². The van der Waals surface area contributed by atoms with Crippen LogP contribution in [0.1, 0.15) is 31.7 Å². The first-order valence-electron chi connectivity index (χ1n) is 7.73. The maximum Gasteiger partial charge on any atom is 0.329 e. The van der Waals surface area contributed by atoms with Crippen LogP contribution in [0.3, 0.4) is 0 Å².